The highest BCUT2D eigenvalue weighted by Crippen LogP contribution is 2.17. The van der Waals surface area contributed by atoms with Gasteiger partial charge in [-0.05, 0) is 30.5 Å². The first-order chi connectivity index (χ1) is 9.38. The van der Waals surface area contributed by atoms with E-state index in [1.165, 1.54) is 50.5 Å². The number of rotatable bonds is 10. The molecule has 0 aliphatic carbocycles. The molecule has 1 aromatic rings. The molecule has 1 aliphatic rings. The maximum absolute atomic E-state index is 5.63. The average Bonchev–Trinajstić information content (AvgIpc) is 3.26. The molecule has 1 aliphatic heterocycles. The summed E-state index contributed by atoms with van der Waals surface area (Å²) in [5, 5.41) is 0. The number of benzene rings is 1. The van der Waals surface area contributed by atoms with Crippen LogP contribution in [-0.2, 0) is 11.2 Å². The van der Waals surface area contributed by atoms with Crippen LogP contribution >= 0.6 is 0 Å². The summed E-state index contributed by atoms with van der Waals surface area (Å²) >= 11 is 0. The molecule has 1 heterocycles. The molecule has 0 amide bonds. The smallest absolute Gasteiger partial charge is 0.119 e. The number of epoxide rings is 1. The fraction of sp³-hybridized carbons (Fsp3) is 0.647. The second-order valence-electron chi connectivity index (χ2n) is 5.43. The predicted molar refractivity (Wildman–Crippen MR) is 78.8 cm³/mol. The molecule has 0 radical (unpaired) electrons. The van der Waals surface area contributed by atoms with Crippen LogP contribution in [0.3, 0.4) is 0 Å². The van der Waals surface area contributed by atoms with E-state index < -0.39 is 0 Å². The van der Waals surface area contributed by atoms with Crippen molar-refractivity contribution in [2.45, 2.75) is 58.0 Å². The van der Waals surface area contributed by atoms with Crippen LogP contribution in [0.4, 0.5) is 0 Å². The Bertz CT molecular complexity index is 341. The Kier molecular flexibility index (Phi) is 6.22. The molecule has 1 fully saturated rings. The molecule has 0 unspecified atom stereocenters. The number of hydrogen-bond donors (Lipinski definition) is 0. The lowest BCUT2D eigenvalue weighted by molar-refractivity contribution is 0.263. The zero-order valence-corrected chi connectivity index (χ0v) is 12.1. The summed E-state index contributed by atoms with van der Waals surface area (Å²) in [4.78, 5) is 0. The summed E-state index contributed by atoms with van der Waals surface area (Å²) in [6, 6.07) is 8.54. The van der Waals surface area contributed by atoms with E-state index in [9.17, 15) is 0 Å². The first-order valence-corrected chi connectivity index (χ1v) is 7.72. The third-order valence-corrected chi connectivity index (χ3v) is 3.58. The fourth-order valence-electron chi connectivity index (χ4n) is 2.22. The maximum Gasteiger partial charge on any atom is 0.119 e. The second-order valence-corrected chi connectivity index (χ2v) is 5.43. The van der Waals surface area contributed by atoms with Gasteiger partial charge in [-0.1, -0.05) is 51.2 Å². The second kappa shape index (κ2) is 8.21. The Labute approximate surface area is 117 Å². The molecule has 2 rings (SSSR count). The standard InChI is InChI=1S/C17H26O2/c1-2-3-4-5-6-7-8-15-9-11-16(12-10-15)18-13-17-14-19-17/h9-12,17H,2-8,13-14H2,1H3/t17-/m1/s1. The van der Waals surface area contributed by atoms with Gasteiger partial charge < -0.3 is 9.47 Å². The quantitative estimate of drug-likeness (QED) is 0.461. The fourth-order valence-corrected chi connectivity index (χ4v) is 2.22. The Morgan fingerprint density at radius 3 is 2.42 bits per heavy atom. The van der Waals surface area contributed by atoms with Crippen LogP contribution < -0.4 is 4.74 Å². The first kappa shape index (κ1) is 14.4. The molecule has 1 atom stereocenters. The monoisotopic (exact) mass is 262 g/mol. The Balaban J connectivity index is 1.58. The number of hydrogen-bond acceptors (Lipinski definition) is 2. The highest BCUT2D eigenvalue weighted by Gasteiger charge is 2.22. The van der Waals surface area contributed by atoms with Crippen molar-refractivity contribution in [3.63, 3.8) is 0 Å². The van der Waals surface area contributed by atoms with Gasteiger partial charge >= 0.3 is 0 Å². The van der Waals surface area contributed by atoms with Crippen molar-refractivity contribution in [2.24, 2.45) is 0 Å². The van der Waals surface area contributed by atoms with Gasteiger partial charge in [0.05, 0.1) is 6.61 Å². The normalized spacial score (nSPS) is 17.4. The van der Waals surface area contributed by atoms with E-state index in [1.807, 2.05) is 0 Å². The lowest BCUT2D eigenvalue weighted by Gasteiger charge is -2.06. The Morgan fingerprint density at radius 2 is 1.74 bits per heavy atom. The molecular weight excluding hydrogens is 236 g/mol. The van der Waals surface area contributed by atoms with Gasteiger partial charge in [0.15, 0.2) is 0 Å². The van der Waals surface area contributed by atoms with Crippen molar-refractivity contribution in [1.29, 1.82) is 0 Å². The van der Waals surface area contributed by atoms with Crippen LogP contribution in [0, 0.1) is 0 Å². The van der Waals surface area contributed by atoms with Crippen LogP contribution in [0.25, 0.3) is 0 Å². The first-order valence-electron chi connectivity index (χ1n) is 7.72. The molecule has 0 spiro atoms. The van der Waals surface area contributed by atoms with Crippen LogP contribution in [-0.4, -0.2) is 19.3 Å². The van der Waals surface area contributed by atoms with Gasteiger partial charge in [-0.15, -0.1) is 0 Å². The topological polar surface area (TPSA) is 21.8 Å². The van der Waals surface area contributed by atoms with E-state index in [0.717, 1.165) is 12.4 Å². The molecular formula is C17H26O2. The van der Waals surface area contributed by atoms with Gasteiger partial charge in [0.2, 0.25) is 0 Å². The van der Waals surface area contributed by atoms with Gasteiger partial charge in [-0.2, -0.15) is 0 Å². The largest absolute Gasteiger partial charge is 0.491 e. The van der Waals surface area contributed by atoms with Crippen LogP contribution in [0.15, 0.2) is 24.3 Å². The maximum atomic E-state index is 5.63. The molecule has 0 saturated carbocycles. The minimum atomic E-state index is 0.336. The van der Waals surface area contributed by atoms with E-state index in [0.29, 0.717) is 12.7 Å². The predicted octanol–water partition coefficient (Wildman–Crippen LogP) is 4.37. The third-order valence-electron chi connectivity index (χ3n) is 3.58. The lowest BCUT2D eigenvalue weighted by Crippen LogP contribution is -2.03. The zero-order chi connectivity index (χ0) is 13.3. The molecule has 1 aromatic carbocycles. The van der Waals surface area contributed by atoms with Crippen molar-refractivity contribution < 1.29 is 9.47 Å². The minimum Gasteiger partial charge on any atom is -0.491 e. The van der Waals surface area contributed by atoms with E-state index in [4.69, 9.17) is 9.47 Å². The summed E-state index contributed by atoms with van der Waals surface area (Å²) in [6.07, 6.45) is 9.69. The summed E-state index contributed by atoms with van der Waals surface area (Å²) in [5.41, 5.74) is 1.42. The average molecular weight is 262 g/mol. The van der Waals surface area contributed by atoms with Crippen molar-refractivity contribution in [1.82, 2.24) is 0 Å². The number of unbranched alkanes of at least 4 members (excludes halogenated alkanes) is 5. The molecule has 2 nitrogen and oxygen atoms in total. The number of aryl methyl sites for hydroxylation is 1. The van der Waals surface area contributed by atoms with Crippen molar-refractivity contribution in [2.75, 3.05) is 13.2 Å². The zero-order valence-electron chi connectivity index (χ0n) is 12.1. The third kappa shape index (κ3) is 6.11. The van der Waals surface area contributed by atoms with E-state index in [2.05, 4.69) is 31.2 Å². The molecule has 1 saturated heterocycles. The van der Waals surface area contributed by atoms with E-state index >= 15 is 0 Å². The van der Waals surface area contributed by atoms with E-state index in [-0.39, 0.29) is 0 Å². The molecule has 0 aromatic heterocycles. The highest BCUT2D eigenvalue weighted by molar-refractivity contribution is 5.27. The minimum absolute atomic E-state index is 0.336. The van der Waals surface area contributed by atoms with Crippen molar-refractivity contribution in [3.05, 3.63) is 29.8 Å². The number of ether oxygens (including phenoxy) is 2. The van der Waals surface area contributed by atoms with Crippen LogP contribution in [0.5, 0.6) is 5.75 Å². The van der Waals surface area contributed by atoms with Crippen molar-refractivity contribution in [3.8, 4) is 5.75 Å². The summed E-state index contributed by atoms with van der Waals surface area (Å²) in [7, 11) is 0. The van der Waals surface area contributed by atoms with Gasteiger partial charge in [0.25, 0.3) is 0 Å². The van der Waals surface area contributed by atoms with Crippen LogP contribution in [0.2, 0.25) is 0 Å². The lowest BCUT2D eigenvalue weighted by atomic mass is 10.0. The highest BCUT2D eigenvalue weighted by atomic mass is 16.6. The Morgan fingerprint density at radius 1 is 1.05 bits per heavy atom. The molecule has 0 bridgehead atoms. The molecule has 19 heavy (non-hydrogen) atoms. The SMILES string of the molecule is CCCCCCCCc1ccc(OC[C@@H]2CO2)cc1. The van der Waals surface area contributed by atoms with Crippen LogP contribution in [0.1, 0.15) is 51.0 Å². The molecule has 0 N–H and O–H groups in total. The van der Waals surface area contributed by atoms with Gasteiger partial charge in [-0.3, -0.25) is 0 Å². The summed E-state index contributed by atoms with van der Waals surface area (Å²) in [5.74, 6) is 0.960. The molecule has 2 heteroatoms. The Hall–Kier alpha value is -1.02. The van der Waals surface area contributed by atoms with Gasteiger partial charge in [0, 0.05) is 0 Å². The van der Waals surface area contributed by atoms with Gasteiger partial charge in [0.1, 0.15) is 18.5 Å². The summed E-state index contributed by atoms with van der Waals surface area (Å²) in [6.45, 7) is 3.81. The molecule has 106 valence electrons. The summed E-state index contributed by atoms with van der Waals surface area (Å²) < 4.78 is 10.8. The van der Waals surface area contributed by atoms with Gasteiger partial charge in [-0.25, -0.2) is 0 Å². The van der Waals surface area contributed by atoms with E-state index in [1.54, 1.807) is 0 Å². The van der Waals surface area contributed by atoms with Crippen molar-refractivity contribution >= 4 is 0 Å².